The van der Waals surface area contributed by atoms with Crippen LogP contribution in [0.25, 0.3) is 11.1 Å². The Morgan fingerprint density at radius 2 is 1.78 bits per heavy atom. The van der Waals surface area contributed by atoms with Gasteiger partial charge in [0.1, 0.15) is 0 Å². The minimum absolute atomic E-state index is 0. The van der Waals surface area contributed by atoms with Crippen LogP contribution in [0.1, 0.15) is 37.3 Å². The van der Waals surface area contributed by atoms with Crippen LogP contribution < -0.4 is 20.1 Å². The molecular weight excluding hydrogens is 406 g/mol. The van der Waals surface area contributed by atoms with Crippen molar-refractivity contribution in [2.75, 3.05) is 19.2 Å². The van der Waals surface area contributed by atoms with Crippen molar-refractivity contribution in [3.05, 3.63) is 71.5 Å². The first-order valence-corrected chi connectivity index (χ1v) is 10.5. The third kappa shape index (κ3) is 3.45. The molecule has 1 saturated carbocycles. The zero-order valence-electron chi connectivity index (χ0n) is 17.9. The van der Waals surface area contributed by atoms with Crippen LogP contribution in [0.4, 0.5) is 5.69 Å². The van der Waals surface area contributed by atoms with Crippen molar-refractivity contribution in [2.24, 2.45) is 0 Å². The van der Waals surface area contributed by atoms with Crippen LogP contribution in [-0.2, 0) is 10.2 Å². The topological polar surface area (TPSA) is 89.6 Å². The summed E-state index contributed by atoms with van der Waals surface area (Å²) in [6, 6.07) is 14.9. The van der Waals surface area contributed by atoms with Crippen LogP contribution in [0.5, 0.6) is 11.5 Å². The number of aromatic nitrogens is 1. The van der Waals surface area contributed by atoms with Gasteiger partial charge in [-0.3, -0.25) is 14.6 Å². The van der Waals surface area contributed by atoms with Crippen molar-refractivity contribution in [3.63, 3.8) is 0 Å². The minimum atomic E-state index is -0.554. The maximum absolute atomic E-state index is 13.2. The van der Waals surface area contributed by atoms with E-state index < -0.39 is 5.41 Å². The quantitative estimate of drug-likeness (QED) is 0.626. The van der Waals surface area contributed by atoms with Gasteiger partial charge in [-0.2, -0.15) is 0 Å². The lowest BCUT2D eigenvalue weighted by Gasteiger charge is -2.17. The van der Waals surface area contributed by atoms with E-state index in [-0.39, 0.29) is 21.5 Å². The van der Waals surface area contributed by atoms with Crippen LogP contribution in [-0.4, -0.2) is 30.6 Å². The summed E-state index contributed by atoms with van der Waals surface area (Å²) in [6.45, 7) is 2.13. The summed E-state index contributed by atoms with van der Waals surface area (Å²) in [5.74, 6) is 1.20. The Labute approximate surface area is 188 Å². The number of pyridine rings is 1. The number of carbonyl (C=O) groups is 2. The average molecular weight is 434 g/mol. The molecule has 166 valence electrons. The average Bonchev–Trinajstić information content (AvgIpc) is 3.50. The number of ether oxygens (including phenoxy) is 2. The van der Waals surface area contributed by atoms with Gasteiger partial charge in [0, 0.05) is 26.7 Å². The second kappa shape index (κ2) is 7.67. The molecule has 0 spiro atoms. The number of hydrogen-bond acceptors (Lipinski definition) is 5. The van der Waals surface area contributed by atoms with Crippen molar-refractivity contribution in [1.29, 1.82) is 0 Å². The number of fused-ring (bicyclic) bond motifs is 1. The minimum Gasteiger partial charge on any atom is -0.454 e. The molecule has 1 aliphatic carbocycles. The molecular formula is C25H27N3O4. The van der Waals surface area contributed by atoms with Gasteiger partial charge in [-0.05, 0) is 61.2 Å². The lowest BCUT2D eigenvalue weighted by molar-refractivity contribution is -0.118. The first kappa shape index (κ1) is 20.1. The SMILES string of the molecule is CNC(=O)c1ccc(-c2cc(NC(=O)C3(c4ccc5c(c4)OCO5)CC3)cnc2C)cc1.[HH].[HH]. The first-order valence-electron chi connectivity index (χ1n) is 10.5. The molecule has 7 heteroatoms. The van der Waals surface area contributed by atoms with Crippen LogP contribution in [0.2, 0.25) is 0 Å². The van der Waals surface area contributed by atoms with E-state index in [1.165, 1.54) is 0 Å². The molecule has 1 aliphatic heterocycles. The number of rotatable bonds is 5. The smallest absolute Gasteiger partial charge is 0.251 e. The number of hydrogen-bond donors (Lipinski definition) is 2. The molecule has 32 heavy (non-hydrogen) atoms. The zero-order valence-corrected chi connectivity index (χ0v) is 17.9. The molecule has 0 unspecified atom stereocenters. The highest BCUT2D eigenvalue weighted by Gasteiger charge is 2.51. The Morgan fingerprint density at radius 1 is 1.03 bits per heavy atom. The zero-order chi connectivity index (χ0) is 22.3. The molecule has 2 amide bonds. The van der Waals surface area contributed by atoms with E-state index in [1.54, 1.807) is 25.4 Å². The third-order valence-electron chi connectivity index (χ3n) is 6.14. The summed E-state index contributed by atoms with van der Waals surface area (Å²) in [6.07, 6.45) is 3.24. The summed E-state index contributed by atoms with van der Waals surface area (Å²) in [4.78, 5) is 29.5. The van der Waals surface area contributed by atoms with E-state index >= 15 is 0 Å². The summed E-state index contributed by atoms with van der Waals surface area (Å²) in [7, 11) is 1.60. The fourth-order valence-electron chi connectivity index (χ4n) is 4.06. The Balaban J connectivity index is 0.00000162. The van der Waals surface area contributed by atoms with Gasteiger partial charge in [-0.1, -0.05) is 18.2 Å². The maximum atomic E-state index is 13.2. The van der Waals surface area contributed by atoms with E-state index in [2.05, 4.69) is 15.6 Å². The van der Waals surface area contributed by atoms with Crippen molar-refractivity contribution in [3.8, 4) is 22.6 Å². The largest absolute Gasteiger partial charge is 0.454 e. The van der Waals surface area contributed by atoms with Crippen molar-refractivity contribution in [1.82, 2.24) is 10.3 Å². The summed E-state index contributed by atoms with van der Waals surface area (Å²) in [5, 5.41) is 5.67. The van der Waals surface area contributed by atoms with Crippen LogP contribution in [0.3, 0.4) is 0 Å². The van der Waals surface area contributed by atoms with E-state index in [0.717, 1.165) is 35.2 Å². The Morgan fingerprint density at radius 3 is 2.50 bits per heavy atom. The molecule has 5 rings (SSSR count). The predicted molar refractivity (Wildman–Crippen MR) is 124 cm³/mol. The van der Waals surface area contributed by atoms with Gasteiger partial charge in [0.05, 0.1) is 17.3 Å². The number of benzene rings is 2. The molecule has 0 saturated heterocycles. The standard InChI is InChI=1S/C25H23N3O4.2H2/c1-15-20(16-3-5-17(6-4-16)23(29)26-2)12-19(13-27-15)28-24(30)25(9-10-25)18-7-8-21-22(11-18)32-14-31-21;;/h3-8,11-13H,9-10,14H2,1-2H3,(H,26,29)(H,28,30);2*1H. The molecule has 3 aromatic rings. The highest BCUT2D eigenvalue weighted by molar-refractivity contribution is 6.02. The first-order chi connectivity index (χ1) is 15.5. The van der Waals surface area contributed by atoms with Gasteiger partial charge in [0.25, 0.3) is 5.91 Å². The predicted octanol–water partition coefficient (Wildman–Crippen LogP) is 4.31. The lowest BCUT2D eigenvalue weighted by atomic mass is 9.94. The number of amides is 2. The Bertz CT molecular complexity index is 1230. The highest BCUT2D eigenvalue weighted by Crippen LogP contribution is 2.51. The van der Waals surface area contributed by atoms with Crippen molar-refractivity contribution < 1.29 is 21.9 Å². The number of aryl methyl sites for hydroxylation is 1. The van der Waals surface area contributed by atoms with Gasteiger partial charge in [0.2, 0.25) is 12.7 Å². The van der Waals surface area contributed by atoms with Crippen LogP contribution >= 0.6 is 0 Å². The van der Waals surface area contributed by atoms with E-state index in [9.17, 15) is 9.59 Å². The monoisotopic (exact) mass is 433 g/mol. The number of nitrogens with one attached hydrogen (secondary N) is 2. The van der Waals surface area contributed by atoms with Crippen LogP contribution in [0, 0.1) is 6.92 Å². The molecule has 7 nitrogen and oxygen atoms in total. The normalized spacial score (nSPS) is 15.2. The van der Waals surface area contributed by atoms with Gasteiger partial charge in [-0.25, -0.2) is 0 Å². The number of carbonyl (C=O) groups excluding carboxylic acids is 2. The molecule has 2 aromatic carbocycles. The Kier molecular flexibility index (Phi) is 4.81. The molecule has 2 heterocycles. The van der Waals surface area contributed by atoms with Crippen LogP contribution in [0.15, 0.2) is 54.7 Å². The number of nitrogens with zero attached hydrogens (tertiary/aromatic N) is 1. The van der Waals surface area contributed by atoms with E-state index in [1.807, 2.05) is 43.3 Å². The Hall–Kier alpha value is -3.87. The maximum Gasteiger partial charge on any atom is 0.251 e. The molecule has 2 N–H and O–H groups in total. The fourth-order valence-corrected chi connectivity index (χ4v) is 4.06. The lowest BCUT2D eigenvalue weighted by Crippen LogP contribution is -2.27. The van der Waals surface area contributed by atoms with E-state index in [0.29, 0.717) is 22.7 Å². The summed E-state index contributed by atoms with van der Waals surface area (Å²) in [5.41, 5.74) is 4.27. The third-order valence-corrected chi connectivity index (χ3v) is 6.14. The number of anilines is 1. The summed E-state index contributed by atoms with van der Waals surface area (Å²) < 4.78 is 10.9. The molecule has 2 aliphatic rings. The van der Waals surface area contributed by atoms with Gasteiger partial charge >= 0.3 is 0 Å². The highest BCUT2D eigenvalue weighted by atomic mass is 16.7. The second-order valence-electron chi connectivity index (χ2n) is 8.12. The van der Waals surface area contributed by atoms with Gasteiger partial charge in [0.15, 0.2) is 11.5 Å². The molecule has 0 atom stereocenters. The van der Waals surface area contributed by atoms with Crippen molar-refractivity contribution in [2.45, 2.75) is 25.2 Å². The molecule has 1 aromatic heterocycles. The second-order valence-corrected chi connectivity index (χ2v) is 8.12. The van der Waals surface area contributed by atoms with Crippen molar-refractivity contribution >= 4 is 17.5 Å². The summed E-state index contributed by atoms with van der Waals surface area (Å²) >= 11 is 0. The van der Waals surface area contributed by atoms with E-state index in [4.69, 9.17) is 9.47 Å². The molecule has 0 radical (unpaired) electrons. The molecule has 1 fully saturated rings. The van der Waals surface area contributed by atoms with Gasteiger partial charge in [-0.15, -0.1) is 0 Å². The molecule has 0 bridgehead atoms. The fraction of sp³-hybridized carbons (Fsp3) is 0.240. The van der Waals surface area contributed by atoms with Gasteiger partial charge < -0.3 is 20.1 Å².